The van der Waals surface area contributed by atoms with Gasteiger partial charge in [0, 0.05) is 18.9 Å². The monoisotopic (exact) mass is 579 g/mol. The van der Waals surface area contributed by atoms with Crippen LogP contribution in [-0.4, -0.2) is 51.6 Å². The fraction of sp³-hybridized carbons (Fsp3) is 0.515. The largest absolute Gasteiger partial charge is 0.547 e. The molecule has 0 spiro atoms. The molecule has 1 aliphatic heterocycles. The van der Waals surface area contributed by atoms with Gasteiger partial charge in [-0.25, -0.2) is 9.69 Å². The Kier molecular flexibility index (Phi) is 9.97. The molecule has 3 atom stereocenters. The van der Waals surface area contributed by atoms with Crippen LogP contribution in [0.25, 0.3) is 0 Å². The molecule has 1 aliphatic carbocycles. The van der Waals surface area contributed by atoms with Crippen molar-refractivity contribution in [1.82, 2.24) is 4.90 Å². The number of hydrogen-bond acceptors (Lipinski definition) is 6. The van der Waals surface area contributed by atoms with Gasteiger partial charge in [-0.3, -0.25) is 4.79 Å². The second-order valence-corrected chi connectivity index (χ2v) is 17.4. The van der Waals surface area contributed by atoms with Gasteiger partial charge in [0.2, 0.25) is 14.2 Å². The number of benzene rings is 2. The van der Waals surface area contributed by atoms with Crippen molar-refractivity contribution in [2.24, 2.45) is 11.8 Å². The number of methoxy groups -OCH3 is 1. The lowest BCUT2D eigenvalue weighted by Crippen LogP contribution is -2.46. The van der Waals surface area contributed by atoms with E-state index in [1.807, 2.05) is 54.6 Å². The number of allylic oxidation sites excluding steroid dienone is 2. The third-order valence-electron chi connectivity index (χ3n) is 8.71. The molecule has 2 aromatic rings. The second-order valence-electron chi connectivity index (χ2n) is 12.7. The lowest BCUT2D eigenvalue weighted by atomic mass is 9.79. The Bertz CT molecular complexity index is 1200. The SMILES string of the molecule is COc1ccc(COCC[C@H]2CC(O[Si](C)(C)C(C)(C)C)=CC[C@@H]2C(=O)N2C(=O)OC[C@@H]2Cc2ccccc2)cc1. The molecule has 41 heavy (non-hydrogen) atoms. The van der Waals surface area contributed by atoms with E-state index in [9.17, 15) is 9.59 Å². The van der Waals surface area contributed by atoms with Gasteiger partial charge in [-0.2, -0.15) is 0 Å². The number of amides is 2. The molecule has 2 amide bonds. The van der Waals surface area contributed by atoms with Crippen LogP contribution in [0.2, 0.25) is 18.1 Å². The summed E-state index contributed by atoms with van der Waals surface area (Å²) in [6.45, 7) is 12.4. The van der Waals surface area contributed by atoms with Crippen molar-refractivity contribution in [2.75, 3.05) is 20.3 Å². The van der Waals surface area contributed by atoms with Gasteiger partial charge in [-0.15, -0.1) is 0 Å². The van der Waals surface area contributed by atoms with E-state index in [0.29, 0.717) is 38.9 Å². The highest BCUT2D eigenvalue weighted by atomic mass is 28.4. The van der Waals surface area contributed by atoms with Crippen LogP contribution in [0, 0.1) is 11.8 Å². The number of imide groups is 1. The Balaban J connectivity index is 1.47. The van der Waals surface area contributed by atoms with E-state index in [1.54, 1.807) is 7.11 Å². The second kappa shape index (κ2) is 13.3. The van der Waals surface area contributed by atoms with Crippen molar-refractivity contribution in [1.29, 1.82) is 0 Å². The molecule has 1 saturated heterocycles. The zero-order valence-corrected chi connectivity index (χ0v) is 26.4. The molecule has 2 aliphatic rings. The van der Waals surface area contributed by atoms with E-state index in [-0.39, 0.29) is 35.4 Å². The normalized spacial score (nSPS) is 21.3. The number of hydrogen-bond donors (Lipinski definition) is 0. The summed E-state index contributed by atoms with van der Waals surface area (Å²) in [7, 11) is -0.382. The first-order valence-corrected chi connectivity index (χ1v) is 17.5. The van der Waals surface area contributed by atoms with E-state index in [1.165, 1.54) is 4.90 Å². The molecular formula is C33H45NO6Si. The molecule has 222 valence electrons. The molecule has 7 nitrogen and oxygen atoms in total. The Morgan fingerprint density at radius 1 is 1.05 bits per heavy atom. The van der Waals surface area contributed by atoms with Crippen molar-refractivity contribution < 1.29 is 28.2 Å². The van der Waals surface area contributed by atoms with Crippen molar-refractivity contribution >= 4 is 20.3 Å². The summed E-state index contributed by atoms with van der Waals surface area (Å²) >= 11 is 0. The summed E-state index contributed by atoms with van der Waals surface area (Å²) in [6, 6.07) is 17.4. The minimum atomic E-state index is -2.03. The van der Waals surface area contributed by atoms with Crippen molar-refractivity contribution in [3.8, 4) is 5.75 Å². The maximum absolute atomic E-state index is 14.0. The number of nitrogens with zero attached hydrogens (tertiary/aromatic N) is 1. The number of ether oxygens (including phenoxy) is 3. The van der Waals surface area contributed by atoms with Gasteiger partial charge in [0.05, 0.1) is 25.5 Å². The first-order chi connectivity index (χ1) is 19.5. The summed E-state index contributed by atoms with van der Waals surface area (Å²) in [6.07, 6.45) is 3.99. The predicted molar refractivity (Wildman–Crippen MR) is 162 cm³/mol. The highest BCUT2D eigenvalue weighted by Crippen LogP contribution is 2.42. The topological polar surface area (TPSA) is 74.3 Å². The summed E-state index contributed by atoms with van der Waals surface area (Å²) in [5, 5.41) is 0.0709. The highest BCUT2D eigenvalue weighted by molar-refractivity contribution is 6.74. The van der Waals surface area contributed by atoms with E-state index < -0.39 is 14.4 Å². The molecule has 0 radical (unpaired) electrons. The molecule has 0 bridgehead atoms. The molecular weight excluding hydrogens is 534 g/mol. The number of carbonyl (C=O) groups excluding carboxylic acids is 2. The Hall–Kier alpha value is -3.10. The molecule has 8 heteroatoms. The average molecular weight is 580 g/mol. The van der Waals surface area contributed by atoms with E-state index >= 15 is 0 Å². The quantitative estimate of drug-likeness (QED) is 0.208. The fourth-order valence-electron chi connectivity index (χ4n) is 5.20. The maximum atomic E-state index is 14.0. The van der Waals surface area contributed by atoms with E-state index in [4.69, 9.17) is 18.6 Å². The van der Waals surface area contributed by atoms with Gasteiger partial charge in [-0.1, -0.05) is 63.2 Å². The minimum Gasteiger partial charge on any atom is -0.547 e. The highest BCUT2D eigenvalue weighted by Gasteiger charge is 2.45. The van der Waals surface area contributed by atoms with Crippen molar-refractivity contribution in [3.05, 3.63) is 77.6 Å². The van der Waals surface area contributed by atoms with Gasteiger partial charge in [-0.05, 0) is 72.6 Å². The third kappa shape index (κ3) is 7.80. The first-order valence-electron chi connectivity index (χ1n) is 14.6. The minimum absolute atomic E-state index is 0.00564. The molecule has 2 aromatic carbocycles. The molecule has 4 rings (SSSR count). The predicted octanol–water partition coefficient (Wildman–Crippen LogP) is 7.12. The van der Waals surface area contributed by atoms with Crippen LogP contribution < -0.4 is 4.74 Å². The van der Waals surface area contributed by atoms with Crippen LogP contribution in [0.15, 0.2) is 66.4 Å². The Morgan fingerprint density at radius 3 is 2.41 bits per heavy atom. The van der Waals surface area contributed by atoms with Crippen LogP contribution in [-0.2, 0) is 31.7 Å². The standard InChI is InChI=1S/C33H45NO6Si/c1-33(2,3)41(5,6)40-29-16-17-30(26(21-29)18-19-38-22-25-12-14-28(37-4)15-13-25)31(35)34-27(23-39-32(34)36)20-24-10-8-7-9-11-24/h7-16,26-27,30H,17-23H2,1-6H3/t26-,27-,30-/m0/s1. The maximum Gasteiger partial charge on any atom is 0.416 e. The number of cyclic esters (lactones) is 1. The number of carbonyl (C=O) groups is 2. The lowest BCUT2D eigenvalue weighted by Gasteiger charge is -2.40. The van der Waals surface area contributed by atoms with Crippen molar-refractivity contribution in [3.63, 3.8) is 0 Å². The van der Waals surface area contributed by atoms with Crippen LogP contribution in [0.4, 0.5) is 4.79 Å². The van der Waals surface area contributed by atoms with Crippen molar-refractivity contribution in [2.45, 2.75) is 77.2 Å². The van der Waals surface area contributed by atoms with Crippen LogP contribution in [0.5, 0.6) is 5.75 Å². The third-order valence-corrected chi connectivity index (χ3v) is 13.1. The number of rotatable bonds is 11. The molecule has 1 fully saturated rings. The molecule has 0 unspecified atom stereocenters. The van der Waals surface area contributed by atoms with Gasteiger partial charge in [0.25, 0.3) is 0 Å². The smallest absolute Gasteiger partial charge is 0.416 e. The average Bonchev–Trinajstić information content (AvgIpc) is 3.30. The van der Waals surface area contributed by atoms with E-state index in [2.05, 4.69) is 39.9 Å². The molecule has 0 N–H and O–H groups in total. The summed E-state index contributed by atoms with van der Waals surface area (Å²) < 4.78 is 23.4. The van der Waals surface area contributed by atoms with Gasteiger partial charge in [0.1, 0.15) is 12.4 Å². The Labute approximate surface area is 245 Å². The first kappa shape index (κ1) is 30.8. The summed E-state index contributed by atoms with van der Waals surface area (Å²) in [5.41, 5.74) is 2.14. The molecule has 1 heterocycles. The van der Waals surface area contributed by atoms with Crippen LogP contribution in [0.3, 0.4) is 0 Å². The van der Waals surface area contributed by atoms with Crippen LogP contribution in [0.1, 0.15) is 51.2 Å². The zero-order valence-electron chi connectivity index (χ0n) is 25.4. The van der Waals surface area contributed by atoms with Gasteiger partial charge < -0.3 is 18.6 Å². The zero-order chi connectivity index (χ0) is 29.6. The van der Waals surface area contributed by atoms with Gasteiger partial charge >= 0.3 is 6.09 Å². The molecule has 0 aromatic heterocycles. The van der Waals surface area contributed by atoms with Crippen LogP contribution >= 0.6 is 0 Å². The van der Waals surface area contributed by atoms with E-state index in [0.717, 1.165) is 22.6 Å². The van der Waals surface area contributed by atoms with Gasteiger partial charge in [0.15, 0.2) is 0 Å². The summed E-state index contributed by atoms with van der Waals surface area (Å²) in [5.74, 6) is 1.27. The Morgan fingerprint density at radius 2 is 1.76 bits per heavy atom. The molecule has 0 saturated carbocycles. The fourth-order valence-corrected chi connectivity index (χ4v) is 6.33. The lowest BCUT2D eigenvalue weighted by molar-refractivity contribution is -0.135. The summed E-state index contributed by atoms with van der Waals surface area (Å²) in [4.78, 5) is 28.2.